The molecule has 2 atom stereocenters. The van der Waals surface area contributed by atoms with Gasteiger partial charge in [0.2, 0.25) is 11.8 Å². The topological polar surface area (TPSA) is 134 Å². The number of carbonyl (C=O) groups excluding carboxylic acids is 3. The fourth-order valence-corrected chi connectivity index (χ4v) is 5.82. The summed E-state index contributed by atoms with van der Waals surface area (Å²) in [4.78, 5) is 37.9. The van der Waals surface area contributed by atoms with E-state index in [0.717, 1.165) is 17.7 Å². The number of nitrogens with zero attached hydrogens (tertiary/aromatic N) is 1. The van der Waals surface area contributed by atoms with Gasteiger partial charge in [0.1, 0.15) is 11.8 Å². The van der Waals surface area contributed by atoms with Gasteiger partial charge < -0.3 is 9.64 Å². The van der Waals surface area contributed by atoms with Crippen molar-refractivity contribution < 1.29 is 27.5 Å². The lowest BCUT2D eigenvalue weighted by Crippen LogP contribution is -2.52. The van der Waals surface area contributed by atoms with Crippen molar-refractivity contribution in [3.63, 3.8) is 0 Å². The van der Waals surface area contributed by atoms with Crippen molar-refractivity contribution in [2.45, 2.75) is 57.5 Å². The van der Waals surface area contributed by atoms with Crippen LogP contribution in [-0.4, -0.2) is 50.7 Å². The Morgan fingerprint density at radius 3 is 2.62 bits per heavy atom. The Bertz CT molecular complexity index is 1330. The molecule has 0 saturated carbocycles. The van der Waals surface area contributed by atoms with Crippen LogP contribution in [0.1, 0.15) is 61.0 Å². The molecule has 0 radical (unpaired) electrons. The smallest absolute Gasteiger partial charge is 0.299 e. The Balaban J connectivity index is 1.40. The molecule has 37 heavy (non-hydrogen) atoms. The number of methoxy groups -OCH3 is 1. The van der Waals surface area contributed by atoms with E-state index in [9.17, 15) is 22.8 Å². The number of hydrogen-bond acceptors (Lipinski definition) is 6. The van der Waals surface area contributed by atoms with Gasteiger partial charge in [-0.3, -0.25) is 24.4 Å². The van der Waals surface area contributed by atoms with Gasteiger partial charge in [-0.2, -0.15) is 13.1 Å². The fourth-order valence-electron chi connectivity index (χ4n) is 4.94. The molecule has 2 aliphatic heterocycles. The molecule has 10 nitrogen and oxygen atoms in total. The third-order valence-corrected chi connectivity index (χ3v) is 8.37. The zero-order chi connectivity index (χ0) is 26.8. The average Bonchev–Trinajstić information content (AvgIpc) is 3.18. The number of piperidine rings is 1. The Morgan fingerprint density at radius 2 is 1.92 bits per heavy atom. The first-order chi connectivity index (χ1) is 17.6. The van der Waals surface area contributed by atoms with E-state index in [0.29, 0.717) is 23.2 Å². The van der Waals surface area contributed by atoms with Gasteiger partial charge >= 0.3 is 0 Å². The summed E-state index contributed by atoms with van der Waals surface area (Å²) in [5.41, 5.74) is 2.08. The molecule has 2 aliphatic rings. The minimum atomic E-state index is -3.87. The summed E-state index contributed by atoms with van der Waals surface area (Å²) in [5.74, 6) is -0.384. The van der Waals surface area contributed by atoms with Gasteiger partial charge in [0.25, 0.3) is 16.1 Å². The Morgan fingerprint density at radius 1 is 1.16 bits per heavy atom. The zero-order valence-electron chi connectivity index (χ0n) is 21.2. The van der Waals surface area contributed by atoms with Crippen LogP contribution >= 0.6 is 0 Å². The lowest BCUT2D eigenvalue weighted by Gasteiger charge is -2.30. The summed E-state index contributed by atoms with van der Waals surface area (Å²) in [6.45, 7) is 4.52. The van der Waals surface area contributed by atoms with Crippen molar-refractivity contribution in [1.82, 2.24) is 14.9 Å². The number of para-hydroxylation sites is 1. The number of fused-ring (bicyclic) bond motifs is 1. The van der Waals surface area contributed by atoms with Gasteiger partial charge in [0.15, 0.2) is 0 Å². The van der Waals surface area contributed by atoms with E-state index in [1.807, 2.05) is 24.3 Å². The van der Waals surface area contributed by atoms with Gasteiger partial charge in [-0.1, -0.05) is 32.0 Å². The van der Waals surface area contributed by atoms with E-state index >= 15 is 0 Å². The van der Waals surface area contributed by atoms with Crippen molar-refractivity contribution in [2.75, 3.05) is 18.4 Å². The second-order valence-electron chi connectivity index (χ2n) is 9.64. The van der Waals surface area contributed by atoms with Crippen LogP contribution in [0.4, 0.5) is 5.69 Å². The minimum absolute atomic E-state index is 0.164. The van der Waals surface area contributed by atoms with Crippen molar-refractivity contribution in [3.05, 3.63) is 59.2 Å². The van der Waals surface area contributed by atoms with Crippen molar-refractivity contribution in [2.24, 2.45) is 0 Å². The Kier molecular flexibility index (Phi) is 7.56. The predicted molar refractivity (Wildman–Crippen MR) is 138 cm³/mol. The molecule has 0 spiro atoms. The largest absolute Gasteiger partial charge is 0.496 e. The molecule has 3 N–H and O–H groups in total. The first-order valence-corrected chi connectivity index (χ1v) is 13.7. The average molecular weight is 529 g/mol. The van der Waals surface area contributed by atoms with E-state index in [4.69, 9.17) is 4.74 Å². The molecule has 2 unspecified atom stereocenters. The summed E-state index contributed by atoms with van der Waals surface area (Å²) in [5, 5.41) is 2.27. The van der Waals surface area contributed by atoms with Gasteiger partial charge in [-0.15, -0.1) is 0 Å². The normalized spacial score (nSPS) is 19.3. The molecule has 2 heterocycles. The number of hydrogen-bond donors (Lipinski definition) is 3. The third-order valence-electron chi connectivity index (χ3n) is 7.28. The molecule has 0 aromatic heterocycles. The van der Waals surface area contributed by atoms with Crippen molar-refractivity contribution >= 4 is 33.6 Å². The number of imide groups is 1. The number of ether oxygens (including phenoxy) is 1. The molecule has 3 amide bonds. The van der Waals surface area contributed by atoms with Crippen LogP contribution in [0.3, 0.4) is 0 Å². The second-order valence-corrected chi connectivity index (χ2v) is 11.1. The summed E-state index contributed by atoms with van der Waals surface area (Å²) in [6, 6.07) is 11.7. The summed E-state index contributed by atoms with van der Waals surface area (Å²) in [6.07, 6.45) is 1.79. The number of anilines is 1. The molecular formula is C26H32N4O6S. The fraction of sp³-hybridized carbons (Fsp3) is 0.423. The molecule has 1 fully saturated rings. The molecule has 0 bridgehead atoms. The summed E-state index contributed by atoms with van der Waals surface area (Å²) >= 11 is 0. The highest BCUT2D eigenvalue weighted by Gasteiger charge is 2.39. The second kappa shape index (κ2) is 10.5. The Labute approximate surface area is 216 Å². The van der Waals surface area contributed by atoms with Gasteiger partial charge in [0, 0.05) is 30.6 Å². The molecular weight excluding hydrogens is 496 g/mol. The van der Waals surface area contributed by atoms with Crippen LogP contribution in [0.25, 0.3) is 0 Å². The van der Waals surface area contributed by atoms with Crippen molar-refractivity contribution in [3.8, 4) is 5.75 Å². The lowest BCUT2D eigenvalue weighted by atomic mass is 9.77. The molecule has 0 aliphatic carbocycles. The van der Waals surface area contributed by atoms with Gasteiger partial charge in [-0.25, -0.2) is 0 Å². The van der Waals surface area contributed by atoms with Crippen LogP contribution in [0.15, 0.2) is 42.5 Å². The van der Waals surface area contributed by atoms with E-state index < -0.39 is 22.2 Å². The summed E-state index contributed by atoms with van der Waals surface area (Å²) in [7, 11) is -2.25. The lowest BCUT2D eigenvalue weighted by molar-refractivity contribution is -0.136. The Hall–Kier alpha value is -3.44. The van der Waals surface area contributed by atoms with Crippen molar-refractivity contribution in [1.29, 1.82) is 0 Å². The number of nitrogens with one attached hydrogen (secondary N) is 3. The monoisotopic (exact) mass is 528 g/mol. The van der Waals surface area contributed by atoms with E-state index in [2.05, 4.69) is 28.6 Å². The predicted octanol–water partition coefficient (Wildman–Crippen LogP) is 2.46. The minimum Gasteiger partial charge on any atom is -0.496 e. The maximum Gasteiger partial charge on any atom is 0.299 e. The standard InChI is InChI=1S/C26H32N4O6S/c1-4-26(2,20-7-5-6-8-22(20)36-3)13-14-27-37(34,35)29-18-9-10-19-17(15-18)16-30(25(19)33)21-11-12-23(31)28-24(21)32/h5-10,15,21,27,29H,4,11-14,16H2,1-3H3,(H,28,31,32). The van der Waals surface area contributed by atoms with Gasteiger partial charge in [-0.05, 0) is 54.5 Å². The van der Waals surface area contributed by atoms with Gasteiger partial charge in [0.05, 0.1) is 12.8 Å². The highest BCUT2D eigenvalue weighted by atomic mass is 32.2. The van der Waals surface area contributed by atoms with Crippen LogP contribution < -0.4 is 19.5 Å². The number of benzene rings is 2. The van der Waals surface area contributed by atoms with Crippen LogP contribution in [0.5, 0.6) is 5.75 Å². The molecule has 11 heteroatoms. The SMILES string of the molecule is CCC(C)(CCNS(=O)(=O)Nc1ccc2c(c1)CN(C1CCC(=O)NC1=O)C2=O)c1ccccc1OC. The van der Waals surface area contributed by atoms with Crippen LogP contribution in [0, 0.1) is 0 Å². The molecule has 1 saturated heterocycles. The molecule has 4 rings (SSSR count). The quantitative estimate of drug-likeness (QED) is 0.406. The zero-order valence-corrected chi connectivity index (χ0v) is 22.0. The highest BCUT2D eigenvalue weighted by Crippen LogP contribution is 2.37. The first kappa shape index (κ1) is 26.6. The summed E-state index contributed by atoms with van der Waals surface area (Å²) < 4.78 is 36.2. The van der Waals surface area contributed by atoms with E-state index in [1.165, 1.54) is 11.0 Å². The molecule has 2 aromatic rings. The number of carbonyl (C=O) groups is 3. The number of amides is 3. The highest BCUT2D eigenvalue weighted by molar-refractivity contribution is 7.90. The van der Waals surface area contributed by atoms with E-state index in [1.54, 1.807) is 19.2 Å². The molecule has 2 aromatic carbocycles. The third kappa shape index (κ3) is 5.62. The number of rotatable bonds is 10. The van der Waals surface area contributed by atoms with E-state index in [-0.39, 0.29) is 43.2 Å². The maximum absolute atomic E-state index is 12.8. The van der Waals surface area contributed by atoms with Crippen LogP contribution in [0.2, 0.25) is 0 Å². The first-order valence-electron chi connectivity index (χ1n) is 12.3. The van der Waals surface area contributed by atoms with Crippen LogP contribution in [-0.2, 0) is 31.8 Å². The maximum atomic E-state index is 12.8. The molecule has 198 valence electrons.